The van der Waals surface area contributed by atoms with Crippen molar-refractivity contribution in [1.29, 1.82) is 0 Å². The third-order valence-electron chi connectivity index (χ3n) is 4.78. The van der Waals surface area contributed by atoms with Crippen LogP contribution >= 0.6 is 0 Å². The normalized spacial score (nSPS) is 31.9. The molecule has 2 fully saturated rings. The summed E-state index contributed by atoms with van der Waals surface area (Å²) < 4.78 is 0. The minimum atomic E-state index is 0.987. The fourth-order valence-electron chi connectivity index (χ4n) is 3.54. The predicted octanol–water partition coefficient (Wildman–Crippen LogP) is 5.48. The molecule has 16 heavy (non-hydrogen) atoms. The number of hydrogen-bond acceptors (Lipinski definition) is 0. The summed E-state index contributed by atoms with van der Waals surface area (Å²) in [5, 5.41) is 0. The average Bonchev–Trinajstić information content (AvgIpc) is 2.32. The Labute approximate surface area is 102 Å². The van der Waals surface area contributed by atoms with Gasteiger partial charge in [-0.2, -0.15) is 0 Å². The summed E-state index contributed by atoms with van der Waals surface area (Å²) in [6, 6.07) is 0. The van der Waals surface area contributed by atoms with Gasteiger partial charge in [0.1, 0.15) is 0 Å². The molecule has 0 N–H and O–H groups in total. The lowest BCUT2D eigenvalue weighted by Gasteiger charge is -2.29. The van der Waals surface area contributed by atoms with Crippen molar-refractivity contribution < 1.29 is 0 Å². The van der Waals surface area contributed by atoms with Gasteiger partial charge in [-0.05, 0) is 63.2 Å². The van der Waals surface area contributed by atoms with Crippen LogP contribution in [-0.4, -0.2) is 0 Å². The lowest BCUT2D eigenvalue weighted by molar-refractivity contribution is 0.370. The maximum atomic E-state index is 2.42. The van der Waals surface area contributed by atoms with E-state index in [4.69, 9.17) is 0 Å². The summed E-state index contributed by atoms with van der Waals surface area (Å²) in [6.07, 6.45) is 14.5. The zero-order valence-electron chi connectivity index (χ0n) is 11.2. The molecule has 0 heteroatoms. The first-order valence-electron chi connectivity index (χ1n) is 7.49. The van der Waals surface area contributed by atoms with Crippen molar-refractivity contribution in [3.8, 4) is 0 Å². The summed E-state index contributed by atoms with van der Waals surface area (Å²) in [4.78, 5) is 0. The van der Waals surface area contributed by atoms with Gasteiger partial charge in [0, 0.05) is 0 Å². The molecule has 0 aromatic carbocycles. The Balaban J connectivity index is 1.85. The summed E-state index contributed by atoms with van der Waals surface area (Å²) in [6.45, 7) is 4.75. The molecule has 2 aliphatic rings. The summed E-state index contributed by atoms with van der Waals surface area (Å²) >= 11 is 0. The van der Waals surface area contributed by atoms with Crippen molar-refractivity contribution in [3.05, 3.63) is 11.1 Å². The molecular formula is C16H28. The van der Waals surface area contributed by atoms with Crippen LogP contribution in [0.5, 0.6) is 0 Å². The van der Waals surface area contributed by atoms with Gasteiger partial charge in [0.2, 0.25) is 0 Å². The van der Waals surface area contributed by atoms with Crippen molar-refractivity contribution in [2.75, 3.05) is 0 Å². The molecule has 2 rings (SSSR count). The van der Waals surface area contributed by atoms with Gasteiger partial charge in [-0.15, -0.1) is 0 Å². The third kappa shape index (κ3) is 3.12. The molecule has 0 aliphatic heterocycles. The second-order valence-corrected chi connectivity index (χ2v) is 6.12. The zero-order valence-corrected chi connectivity index (χ0v) is 11.2. The number of allylic oxidation sites excluding steroid dienone is 2. The monoisotopic (exact) mass is 220 g/mol. The maximum Gasteiger partial charge on any atom is -0.0315 e. The zero-order chi connectivity index (χ0) is 11.4. The molecule has 0 unspecified atom stereocenters. The van der Waals surface area contributed by atoms with Crippen LogP contribution in [-0.2, 0) is 0 Å². The lowest BCUT2D eigenvalue weighted by Crippen LogP contribution is -2.12. The van der Waals surface area contributed by atoms with Crippen LogP contribution in [0.25, 0.3) is 0 Å². The third-order valence-corrected chi connectivity index (χ3v) is 4.78. The molecule has 0 aromatic rings. The lowest BCUT2D eigenvalue weighted by atomic mass is 9.77. The molecule has 0 saturated heterocycles. The van der Waals surface area contributed by atoms with Crippen LogP contribution in [0.4, 0.5) is 0 Å². The van der Waals surface area contributed by atoms with Crippen LogP contribution in [0.3, 0.4) is 0 Å². The van der Waals surface area contributed by atoms with Gasteiger partial charge >= 0.3 is 0 Å². The molecule has 0 bridgehead atoms. The minimum Gasteiger partial charge on any atom is -0.0710 e. The largest absolute Gasteiger partial charge is 0.0710 e. The topological polar surface area (TPSA) is 0 Å². The van der Waals surface area contributed by atoms with E-state index in [2.05, 4.69) is 13.8 Å². The molecule has 0 aromatic heterocycles. The molecule has 2 saturated carbocycles. The first kappa shape index (κ1) is 12.2. The Kier molecular flexibility index (Phi) is 4.49. The Morgan fingerprint density at radius 1 is 0.875 bits per heavy atom. The Hall–Kier alpha value is -0.260. The molecule has 0 heterocycles. The van der Waals surface area contributed by atoms with Gasteiger partial charge in [-0.25, -0.2) is 0 Å². The highest BCUT2D eigenvalue weighted by Gasteiger charge is 2.20. The molecule has 0 atom stereocenters. The van der Waals surface area contributed by atoms with Crippen molar-refractivity contribution in [3.63, 3.8) is 0 Å². The van der Waals surface area contributed by atoms with Gasteiger partial charge in [0.05, 0.1) is 0 Å². The Bertz CT molecular complexity index is 229. The first-order valence-corrected chi connectivity index (χ1v) is 7.49. The standard InChI is InChI=1S/C16H28/c1-3-4-14-7-11-16(12-8-14)15-9-5-13(2)6-10-15/h13-14H,3-12H2,1-2H3. The first-order chi connectivity index (χ1) is 7.79. The van der Waals surface area contributed by atoms with Crippen molar-refractivity contribution in [2.24, 2.45) is 11.8 Å². The van der Waals surface area contributed by atoms with Crippen LogP contribution in [0.1, 0.15) is 78.1 Å². The van der Waals surface area contributed by atoms with E-state index in [1.54, 1.807) is 0 Å². The Morgan fingerprint density at radius 2 is 1.38 bits per heavy atom. The average molecular weight is 220 g/mol. The second kappa shape index (κ2) is 5.89. The fraction of sp³-hybridized carbons (Fsp3) is 0.875. The van der Waals surface area contributed by atoms with Gasteiger partial charge in [-0.1, -0.05) is 37.8 Å². The summed E-state index contributed by atoms with van der Waals surface area (Å²) in [5.74, 6) is 2.04. The van der Waals surface area contributed by atoms with Crippen LogP contribution in [0.15, 0.2) is 11.1 Å². The molecule has 0 spiro atoms. The highest BCUT2D eigenvalue weighted by atomic mass is 14.3. The van der Waals surface area contributed by atoms with Gasteiger partial charge in [0.25, 0.3) is 0 Å². The predicted molar refractivity (Wildman–Crippen MR) is 71.5 cm³/mol. The molecule has 92 valence electrons. The highest BCUT2D eigenvalue weighted by Crippen LogP contribution is 2.38. The van der Waals surface area contributed by atoms with Crippen molar-refractivity contribution in [1.82, 2.24) is 0 Å². The smallest absolute Gasteiger partial charge is 0.0315 e. The van der Waals surface area contributed by atoms with E-state index in [1.165, 1.54) is 64.2 Å². The van der Waals surface area contributed by atoms with E-state index in [9.17, 15) is 0 Å². The number of rotatable bonds is 2. The quantitative estimate of drug-likeness (QED) is 0.540. The van der Waals surface area contributed by atoms with E-state index in [-0.39, 0.29) is 0 Å². The van der Waals surface area contributed by atoms with Crippen molar-refractivity contribution >= 4 is 0 Å². The van der Waals surface area contributed by atoms with E-state index < -0.39 is 0 Å². The summed E-state index contributed by atoms with van der Waals surface area (Å²) in [5.41, 5.74) is 3.74. The van der Waals surface area contributed by atoms with E-state index in [1.807, 2.05) is 11.1 Å². The molecule has 0 nitrogen and oxygen atoms in total. The minimum absolute atomic E-state index is 0.987. The van der Waals surface area contributed by atoms with Crippen LogP contribution in [0.2, 0.25) is 0 Å². The Morgan fingerprint density at radius 3 is 1.88 bits per heavy atom. The number of hydrogen-bond donors (Lipinski definition) is 0. The van der Waals surface area contributed by atoms with Crippen LogP contribution < -0.4 is 0 Å². The molecular weight excluding hydrogens is 192 g/mol. The van der Waals surface area contributed by atoms with Gasteiger partial charge in [0.15, 0.2) is 0 Å². The fourth-order valence-corrected chi connectivity index (χ4v) is 3.54. The van der Waals surface area contributed by atoms with E-state index in [0.717, 1.165) is 11.8 Å². The van der Waals surface area contributed by atoms with Gasteiger partial charge in [-0.3, -0.25) is 0 Å². The van der Waals surface area contributed by atoms with Crippen LogP contribution in [0, 0.1) is 11.8 Å². The molecule has 2 aliphatic carbocycles. The highest BCUT2D eigenvalue weighted by molar-refractivity contribution is 5.17. The van der Waals surface area contributed by atoms with E-state index in [0.29, 0.717) is 0 Å². The van der Waals surface area contributed by atoms with Gasteiger partial charge < -0.3 is 0 Å². The summed E-state index contributed by atoms with van der Waals surface area (Å²) in [7, 11) is 0. The molecule has 0 amide bonds. The van der Waals surface area contributed by atoms with E-state index >= 15 is 0 Å². The SMILES string of the molecule is CCCC1CCC(=C2CCC(C)CC2)CC1. The molecule has 0 radical (unpaired) electrons. The maximum absolute atomic E-state index is 2.42. The van der Waals surface area contributed by atoms with Crippen molar-refractivity contribution in [2.45, 2.75) is 78.1 Å². The second-order valence-electron chi connectivity index (χ2n) is 6.12.